The predicted molar refractivity (Wildman–Crippen MR) is 101 cm³/mol. The number of aromatic nitrogens is 1. The average Bonchev–Trinajstić information content (AvgIpc) is 3.32. The topological polar surface area (TPSA) is 42.0 Å². The van der Waals surface area contributed by atoms with E-state index in [0.717, 1.165) is 26.4 Å². The first-order chi connectivity index (χ1) is 11.8. The molecular weight excluding hydrogens is 336 g/mol. The second-order valence-electron chi connectivity index (χ2n) is 5.31. The largest absolute Gasteiger partial charge is 0.347 e. The maximum Gasteiger partial charge on any atom is 0.252 e. The van der Waals surface area contributed by atoms with Gasteiger partial charge in [-0.3, -0.25) is 4.79 Å². The number of amides is 1. The summed E-state index contributed by atoms with van der Waals surface area (Å²) >= 11 is 3.26. The highest BCUT2D eigenvalue weighted by atomic mass is 32.1. The summed E-state index contributed by atoms with van der Waals surface area (Å²) in [7, 11) is 0. The van der Waals surface area contributed by atoms with E-state index in [1.807, 2.05) is 65.4 Å². The molecule has 0 unspecified atom stereocenters. The first-order valence-corrected chi connectivity index (χ1v) is 9.31. The fourth-order valence-electron chi connectivity index (χ4n) is 2.59. The van der Waals surface area contributed by atoms with Crippen molar-refractivity contribution in [3.63, 3.8) is 0 Å². The van der Waals surface area contributed by atoms with E-state index < -0.39 is 0 Å². The summed E-state index contributed by atoms with van der Waals surface area (Å²) in [6.07, 6.45) is 0. The minimum Gasteiger partial charge on any atom is -0.347 e. The molecule has 0 radical (unpaired) electrons. The normalized spacial score (nSPS) is 10.8. The standard InChI is InChI=1S/C19H14N2OS2/c22-19(20-12-13-5-3-9-23-13)15-11-17(18-8-4-10-24-18)21-16-7-2-1-6-14(15)16/h1-11H,12H2,(H,20,22). The van der Waals surface area contributed by atoms with Gasteiger partial charge in [0.15, 0.2) is 0 Å². The number of hydrogen-bond donors (Lipinski definition) is 1. The first kappa shape index (κ1) is 15.1. The summed E-state index contributed by atoms with van der Waals surface area (Å²) in [5.74, 6) is -0.0696. The lowest BCUT2D eigenvalue weighted by molar-refractivity contribution is 0.0953. The van der Waals surface area contributed by atoms with Crippen molar-refractivity contribution < 1.29 is 4.79 Å². The summed E-state index contributed by atoms with van der Waals surface area (Å²) in [5.41, 5.74) is 2.34. The lowest BCUT2D eigenvalue weighted by Crippen LogP contribution is -2.22. The Kier molecular flexibility index (Phi) is 4.11. The first-order valence-electron chi connectivity index (χ1n) is 7.55. The Hall–Kier alpha value is -2.50. The van der Waals surface area contributed by atoms with Crippen LogP contribution in [0, 0.1) is 0 Å². The van der Waals surface area contributed by atoms with Crippen LogP contribution in [0.25, 0.3) is 21.5 Å². The zero-order valence-electron chi connectivity index (χ0n) is 12.7. The van der Waals surface area contributed by atoms with Crippen molar-refractivity contribution in [2.45, 2.75) is 6.54 Å². The molecule has 0 aliphatic rings. The molecule has 4 aromatic rings. The minimum absolute atomic E-state index is 0.0696. The summed E-state index contributed by atoms with van der Waals surface area (Å²) < 4.78 is 0. The highest BCUT2D eigenvalue weighted by molar-refractivity contribution is 7.13. The SMILES string of the molecule is O=C(NCc1cccs1)c1cc(-c2cccs2)nc2ccccc12. The van der Waals surface area contributed by atoms with Crippen LogP contribution in [-0.2, 0) is 6.54 Å². The molecule has 0 saturated heterocycles. The van der Waals surface area contributed by atoms with E-state index in [4.69, 9.17) is 4.98 Å². The Morgan fingerprint density at radius 3 is 2.62 bits per heavy atom. The average molecular weight is 350 g/mol. The monoisotopic (exact) mass is 350 g/mol. The lowest BCUT2D eigenvalue weighted by Gasteiger charge is -2.09. The van der Waals surface area contributed by atoms with Gasteiger partial charge in [-0.15, -0.1) is 22.7 Å². The Labute approximate surface area is 147 Å². The van der Waals surface area contributed by atoms with Gasteiger partial charge in [0.1, 0.15) is 0 Å². The van der Waals surface area contributed by atoms with Gasteiger partial charge in [0, 0.05) is 10.3 Å². The highest BCUT2D eigenvalue weighted by Gasteiger charge is 2.14. The van der Waals surface area contributed by atoms with Gasteiger partial charge in [-0.2, -0.15) is 0 Å². The Balaban J connectivity index is 1.73. The molecule has 3 heterocycles. The number of fused-ring (bicyclic) bond motifs is 1. The van der Waals surface area contributed by atoms with Crippen LogP contribution in [-0.4, -0.2) is 10.9 Å². The van der Waals surface area contributed by atoms with Gasteiger partial charge in [0.25, 0.3) is 5.91 Å². The summed E-state index contributed by atoms with van der Waals surface area (Å²) in [6.45, 7) is 0.543. The molecule has 0 aliphatic carbocycles. The quantitative estimate of drug-likeness (QED) is 0.565. The van der Waals surface area contributed by atoms with Crippen LogP contribution in [0.5, 0.6) is 0 Å². The molecule has 1 aromatic carbocycles. The van der Waals surface area contributed by atoms with Crippen molar-refractivity contribution in [3.8, 4) is 10.6 Å². The lowest BCUT2D eigenvalue weighted by atomic mass is 10.1. The molecule has 3 nitrogen and oxygen atoms in total. The van der Waals surface area contributed by atoms with Crippen LogP contribution in [0.4, 0.5) is 0 Å². The number of rotatable bonds is 4. The van der Waals surface area contributed by atoms with Crippen molar-refractivity contribution in [2.24, 2.45) is 0 Å². The molecule has 1 amide bonds. The highest BCUT2D eigenvalue weighted by Crippen LogP contribution is 2.27. The van der Waals surface area contributed by atoms with Gasteiger partial charge in [-0.1, -0.05) is 30.3 Å². The molecule has 0 saturated carbocycles. The second-order valence-corrected chi connectivity index (χ2v) is 7.29. The number of nitrogens with zero attached hydrogens (tertiary/aromatic N) is 1. The molecule has 4 rings (SSSR count). The van der Waals surface area contributed by atoms with Crippen molar-refractivity contribution in [1.82, 2.24) is 10.3 Å². The van der Waals surface area contributed by atoms with Gasteiger partial charge >= 0.3 is 0 Å². The van der Waals surface area contributed by atoms with Crippen LogP contribution in [0.15, 0.2) is 65.4 Å². The molecule has 0 spiro atoms. The third-order valence-corrected chi connectivity index (χ3v) is 5.51. The number of para-hydroxylation sites is 1. The van der Waals surface area contributed by atoms with Gasteiger partial charge < -0.3 is 5.32 Å². The van der Waals surface area contributed by atoms with E-state index in [2.05, 4.69) is 5.32 Å². The van der Waals surface area contributed by atoms with Crippen LogP contribution >= 0.6 is 22.7 Å². The number of carbonyl (C=O) groups excluding carboxylic acids is 1. The number of hydrogen-bond acceptors (Lipinski definition) is 4. The van der Waals surface area contributed by atoms with Crippen molar-refractivity contribution >= 4 is 39.5 Å². The molecule has 5 heteroatoms. The number of benzene rings is 1. The molecular formula is C19H14N2OS2. The molecule has 1 N–H and O–H groups in total. The zero-order chi connectivity index (χ0) is 16.4. The maximum absolute atomic E-state index is 12.7. The second kappa shape index (κ2) is 6.55. The Morgan fingerprint density at radius 1 is 1.00 bits per heavy atom. The van der Waals surface area contributed by atoms with Crippen LogP contribution in [0.3, 0.4) is 0 Å². The zero-order valence-corrected chi connectivity index (χ0v) is 14.4. The summed E-state index contributed by atoms with van der Waals surface area (Å²) in [5, 5.41) is 7.92. The molecule has 0 atom stereocenters. The van der Waals surface area contributed by atoms with Gasteiger partial charge in [-0.25, -0.2) is 4.98 Å². The molecule has 0 bridgehead atoms. The molecule has 3 aromatic heterocycles. The van der Waals surface area contributed by atoms with Gasteiger partial charge in [0.05, 0.1) is 28.2 Å². The Morgan fingerprint density at radius 2 is 1.83 bits per heavy atom. The number of nitrogens with one attached hydrogen (secondary N) is 1. The van der Waals surface area contributed by atoms with Crippen LogP contribution < -0.4 is 5.32 Å². The van der Waals surface area contributed by atoms with E-state index in [9.17, 15) is 4.79 Å². The number of carbonyl (C=O) groups is 1. The van der Waals surface area contributed by atoms with E-state index in [1.165, 1.54) is 0 Å². The van der Waals surface area contributed by atoms with Crippen LogP contribution in [0.1, 0.15) is 15.2 Å². The molecule has 118 valence electrons. The van der Waals surface area contributed by atoms with E-state index >= 15 is 0 Å². The Bertz CT molecular complexity index is 976. The van der Waals surface area contributed by atoms with Gasteiger partial charge in [0.2, 0.25) is 0 Å². The van der Waals surface area contributed by atoms with Crippen molar-refractivity contribution in [3.05, 3.63) is 75.8 Å². The third kappa shape index (κ3) is 2.96. The number of thiophene rings is 2. The maximum atomic E-state index is 12.7. The third-order valence-electron chi connectivity index (χ3n) is 3.74. The summed E-state index contributed by atoms with van der Waals surface area (Å²) in [4.78, 5) is 19.7. The van der Waals surface area contributed by atoms with E-state index in [0.29, 0.717) is 12.1 Å². The van der Waals surface area contributed by atoms with Gasteiger partial charge in [-0.05, 0) is 35.0 Å². The molecule has 24 heavy (non-hydrogen) atoms. The fourth-order valence-corrected chi connectivity index (χ4v) is 3.92. The van der Waals surface area contributed by atoms with E-state index in [-0.39, 0.29) is 5.91 Å². The van der Waals surface area contributed by atoms with Crippen molar-refractivity contribution in [1.29, 1.82) is 0 Å². The fraction of sp³-hybridized carbons (Fsp3) is 0.0526. The molecule has 0 aliphatic heterocycles. The minimum atomic E-state index is -0.0696. The summed E-state index contributed by atoms with van der Waals surface area (Å²) in [6, 6.07) is 17.7. The number of pyridine rings is 1. The van der Waals surface area contributed by atoms with Crippen LogP contribution in [0.2, 0.25) is 0 Å². The smallest absolute Gasteiger partial charge is 0.252 e. The van der Waals surface area contributed by atoms with Crippen molar-refractivity contribution in [2.75, 3.05) is 0 Å². The van der Waals surface area contributed by atoms with E-state index in [1.54, 1.807) is 22.7 Å². The molecule has 0 fully saturated rings. The predicted octanol–water partition coefficient (Wildman–Crippen LogP) is 4.95.